The highest BCUT2D eigenvalue weighted by atomic mass is 15.2. The van der Waals surface area contributed by atoms with E-state index in [9.17, 15) is 8.22 Å². The van der Waals surface area contributed by atoms with Gasteiger partial charge in [-0.2, -0.15) is 0 Å². The van der Waals surface area contributed by atoms with E-state index in [1.165, 1.54) is 0 Å². The van der Waals surface area contributed by atoms with Crippen LogP contribution in [-0.2, 0) is 16.2 Å². The number of nitrogens with zero attached hydrogens (tertiary/aromatic N) is 6. The SMILES string of the molecule is [2H]c1c([2H])c(-n2c3ccccc3c3cc(N4c5ccccc5Nc5ccccc54)ccc32)c([2H])c2c1B1c3c(cc(C(C)(C)C)cc3N(c3c(-c4ccccc4)cc(C(C)(C)C)cc3-c3ccccc3)c3c([2H])c(-n4c5ccccc5c5cc(N6c7ccccc7Nc7ccccc76)ccc54)c([2H])c([2H])c31)N2c1c(-c2ccccc2)cc(C(C)(C)C)cc1-c1ccccc1. The molecular weight excluding hydrogens is 1490 g/mol. The van der Waals surface area contributed by atoms with Gasteiger partial charge in [-0.05, 0) is 229 Å². The Hall–Kier alpha value is -14.8. The van der Waals surface area contributed by atoms with Crippen LogP contribution in [0.3, 0.4) is 0 Å². The largest absolute Gasteiger partial charge is 0.352 e. The quantitative estimate of drug-likeness (QED) is 0.133. The van der Waals surface area contributed by atoms with Crippen molar-refractivity contribution in [3.63, 3.8) is 0 Å². The van der Waals surface area contributed by atoms with E-state index in [1.54, 1.807) is 0 Å². The minimum Gasteiger partial charge on any atom is -0.352 e. The van der Waals surface area contributed by atoms with Gasteiger partial charge >= 0.3 is 0 Å². The summed E-state index contributed by atoms with van der Waals surface area (Å²) < 4.78 is 74.6. The second-order valence-electron chi connectivity index (χ2n) is 36.2. The lowest BCUT2D eigenvalue weighted by molar-refractivity contribution is 0.590. The van der Waals surface area contributed by atoms with Gasteiger partial charge in [0.1, 0.15) is 0 Å². The molecule has 0 amide bonds. The fourth-order valence-corrected chi connectivity index (χ4v) is 19.5. The van der Waals surface area contributed by atoms with Gasteiger partial charge in [-0.25, -0.2) is 0 Å². The molecule has 0 fully saturated rings. The molecule has 123 heavy (non-hydrogen) atoms. The van der Waals surface area contributed by atoms with Gasteiger partial charge in [-0.3, -0.25) is 0 Å². The zero-order valence-corrected chi connectivity index (χ0v) is 70.1. The van der Waals surface area contributed by atoms with E-state index in [0.29, 0.717) is 39.1 Å². The normalized spacial score (nSPS) is 14.0. The van der Waals surface area contributed by atoms with Crippen LogP contribution in [-0.4, -0.2) is 15.8 Å². The molecule has 9 heteroatoms. The standard InChI is InChI=1S/C114H91BN8/c1-112(2,3)76-62-85(72-34-14-10-15-35-72)110(86(63-76)73-36-16-11-17-37-73)122-105-70-81(118-97-48-28-22-42-83(97)89-68-79(56-60-99(89)118)120-101-50-30-24-44-93(101)116-94-45-25-31-51-102(94)120)54-58-91(105)115-92-59-55-82(119-98-49-29-23-43-84(98)90-69-80(57-61-100(90)119)121-103-52-32-26-46-95(103)117-96-47-27-33-53-104(96)121)71-106(92)123(108-67-78(114(7,8)9)66-107(122)109(108)115)111-87(74-38-18-12-19-39-74)64-77(113(4,5)6)65-88(111)75-40-20-13-21-41-75/h10-71,116-117H,1-9H3/i54D,55D,58D,59D,70D,71D. The van der Waals surface area contributed by atoms with Crippen molar-refractivity contribution in [3.05, 3.63) is 393 Å². The number of para-hydroxylation sites is 10. The van der Waals surface area contributed by atoms with Crippen molar-refractivity contribution in [3.8, 4) is 55.9 Å². The van der Waals surface area contributed by atoms with Gasteiger partial charge in [0.25, 0.3) is 6.71 Å². The number of hydrogen-bond acceptors (Lipinski definition) is 6. The molecule has 0 spiro atoms. The molecule has 0 atom stereocenters. The zero-order valence-electron chi connectivity index (χ0n) is 76.1. The second kappa shape index (κ2) is 27.9. The first kappa shape index (κ1) is 67.0. The van der Waals surface area contributed by atoms with Crippen LogP contribution in [0.25, 0.3) is 99.5 Å². The van der Waals surface area contributed by atoms with Crippen LogP contribution in [0.15, 0.2) is 376 Å². The van der Waals surface area contributed by atoms with E-state index in [2.05, 4.69) is 369 Å². The summed E-state index contributed by atoms with van der Waals surface area (Å²) in [7, 11) is 0. The maximum Gasteiger partial charge on any atom is 0.252 e. The molecule has 17 aromatic carbocycles. The summed E-state index contributed by atoms with van der Waals surface area (Å²) in [4.78, 5) is 9.17. The fraction of sp³-hybridized carbons (Fsp3) is 0.105. The second-order valence-corrected chi connectivity index (χ2v) is 36.2. The lowest BCUT2D eigenvalue weighted by atomic mass is 9.33. The predicted molar refractivity (Wildman–Crippen MR) is 523 cm³/mol. The minimum atomic E-state index is -1.19. The lowest BCUT2D eigenvalue weighted by Gasteiger charge is -2.47. The van der Waals surface area contributed by atoms with E-state index in [4.69, 9.17) is 0 Å². The average molecular weight is 1590 g/mol. The molecule has 0 saturated carbocycles. The Morgan fingerprint density at radius 3 is 0.878 bits per heavy atom. The smallest absolute Gasteiger partial charge is 0.252 e. The van der Waals surface area contributed by atoms with Crippen molar-refractivity contribution in [2.24, 2.45) is 0 Å². The number of anilines is 16. The fourth-order valence-electron chi connectivity index (χ4n) is 19.5. The van der Waals surface area contributed by atoms with Crippen LogP contribution in [0.2, 0.25) is 0 Å². The van der Waals surface area contributed by atoms with E-state index in [0.717, 1.165) is 173 Å². The molecule has 0 radical (unpaired) electrons. The molecule has 8 nitrogen and oxygen atoms in total. The van der Waals surface area contributed by atoms with Gasteiger partial charge in [0.2, 0.25) is 0 Å². The summed E-state index contributed by atoms with van der Waals surface area (Å²) in [5.74, 6) is 0. The number of nitrogens with one attached hydrogen (secondary N) is 2. The summed E-state index contributed by atoms with van der Waals surface area (Å²) in [5, 5.41) is 11.0. The maximum absolute atomic E-state index is 12.1. The molecule has 6 heterocycles. The molecule has 23 rings (SSSR count). The summed E-state index contributed by atoms with van der Waals surface area (Å²) in [6, 6.07) is 118. The molecule has 2 N–H and O–H groups in total. The van der Waals surface area contributed by atoms with E-state index in [-0.39, 0.29) is 47.6 Å². The Morgan fingerprint density at radius 1 is 0.252 bits per heavy atom. The highest BCUT2D eigenvalue weighted by Gasteiger charge is 2.47. The Bertz CT molecular complexity index is 7260. The number of rotatable bonds is 10. The Kier molecular flexibility index (Phi) is 15.2. The first-order chi connectivity index (χ1) is 62.5. The monoisotopic (exact) mass is 1590 g/mol. The van der Waals surface area contributed by atoms with Gasteiger partial charge in [0.15, 0.2) is 0 Å². The molecule has 19 aromatic rings. The van der Waals surface area contributed by atoms with Crippen molar-refractivity contribution in [2.45, 2.75) is 78.6 Å². The molecule has 590 valence electrons. The van der Waals surface area contributed by atoms with Gasteiger partial charge in [-0.15, -0.1) is 0 Å². The Morgan fingerprint density at radius 2 is 0.545 bits per heavy atom. The van der Waals surface area contributed by atoms with Crippen LogP contribution < -0.4 is 46.6 Å². The first-order valence-electron chi connectivity index (χ1n) is 45.7. The lowest BCUT2D eigenvalue weighted by Crippen LogP contribution is -2.61. The predicted octanol–water partition coefficient (Wildman–Crippen LogP) is 29.6. The zero-order chi connectivity index (χ0) is 88.1. The third-order valence-electron chi connectivity index (χ3n) is 25.5. The van der Waals surface area contributed by atoms with Crippen LogP contribution in [0.1, 0.15) is 87.2 Å². The van der Waals surface area contributed by atoms with Crippen molar-refractivity contribution < 1.29 is 8.22 Å². The molecular formula is C114H91BN8. The maximum atomic E-state index is 12.1. The first-order valence-corrected chi connectivity index (χ1v) is 42.7. The molecule has 0 bridgehead atoms. The van der Waals surface area contributed by atoms with Crippen molar-refractivity contribution >= 4 is 158 Å². The van der Waals surface area contributed by atoms with Crippen molar-refractivity contribution in [1.82, 2.24) is 9.13 Å². The molecule has 0 aliphatic carbocycles. The molecule has 2 aromatic heterocycles. The van der Waals surface area contributed by atoms with Crippen molar-refractivity contribution in [1.29, 1.82) is 0 Å². The summed E-state index contributed by atoms with van der Waals surface area (Å²) in [5.41, 5.74) is 26.8. The highest BCUT2D eigenvalue weighted by molar-refractivity contribution is 7.00. The van der Waals surface area contributed by atoms with Gasteiger partial charge < -0.3 is 39.4 Å². The van der Waals surface area contributed by atoms with Crippen LogP contribution >= 0.6 is 0 Å². The summed E-state index contributed by atoms with van der Waals surface area (Å²) >= 11 is 0. The molecule has 4 aliphatic heterocycles. The van der Waals surface area contributed by atoms with Gasteiger partial charge in [-0.1, -0.05) is 281 Å². The third kappa shape index (κ3) is 11.8. The average Bonchev–Trinajstić information content (AvgIpc) is 1.39. The van der Waals surface area contributed by atoms with Gasteiger partial charge in [0.05, 0.1) is 87.2 Å². The number of aromatic nitrogens is 2. The number of fused-ring (bicyclic) bond motifs is 14. The van der Waals surface area contributed by atoms with E-state index < -0.39 is 23.0 Å². The minimum absolute atomic E-state index is 0.0220. The van der Waals surface area contributed by atoms with Crippen molar-refractivity contribution in [2.75, 3.05) is 30.2 Å². The third-order valence-corrected chi connectivity index (χ3v) is 25.5. The number of hydrogen-bond donors (Lipinski definition) is 2. The van der Waals surface area contributed by atoms with Gasteiger partial charge in [0, 0.05) is 89.3 Å². The summed E-state index contributed by atoms with van der Waals surface area (Å²) in [6.45, 7) is 19.1. The molecule has 4 aliphatic rings. The van der Waals surface area contributed by atoms with E-state index in [1.807, 2.05) is 72.8 Å². The number of benzene rings is 17. The van der Waals surface area contributed by atoms with E-state index >= 15 is 0 Å². The summed E-state index contributed by atoms with van der Waals surface area (Å²) in [6.07, 6.45) is 0. The molecule has 0 saturated heterocycles. The van der Waals surface area contributed by atoms with Crippen LogP contribution in [0, 0.1) is 0 Å². The Balaban J connectivity index is 0.885. The highest BCUT2D eigenvalue weighted by Crippen LogP contribution is 2.58. The van der Waals surface area contributed by atoms with Crippen LogP contribution in [0.4, 0.5) is 91.0 Å². The Labute approximate surface area is 728 Å². The molecule has 0 unspecified atom stereocenters. The topological polar surface area (TPSA) is 46.9 Å². The van der Waals surface area contributed by atoms with Crippen LogP contribution in [0.5, 0.6) is 0 Å².